The number of hydrogen-bond donors (Lipinski definition) is 1. The third-order valence-corrected chi connectivity index (χ3v) is 4.16. The summed E-state index contributed by atoms with van der Waals surface area (Å²) in [6, 6.07) is 6.82. The highest BCUT2D eigenvalue weighted by Gasteiger charge is 2.22. The van der Waals surface area contributed by atoms with Crippen molar-refractivity contribution in [2.75, 3.05) is 38.6 Å². The molecule has 0 radical (unpaired) electrons. The van der Waals surface area contributed by atoms with E-state index in [1.807, 2.05) is 6.07 Å². The quantitative estimate of drug-likeness (QED) is 0.920. The van der Waals surface area contributed by atoms with Crippen molar-refractivity contribution < 1.29 is 0 Å². The van der Waals surface area contributed by atoms with Crippen LogP contribution in [0, 0.1) is 0 Å². The summed E-state index contributed by atoms with van der Waals surface area (Å²) in [5.74, 6) is 0. The molecule has 1 saturated heterocycles. The number of likely N-dealkylation sites (N-methyl/N-ethyl adjacent to an activating group) is 1. The maximum atomic E-state index is 6.10. The van der Waals surface area contributed by atoms with E-state index in [1.54, 1.807) is 0 Å². The Kier molecular flexibility index (Phi) is 5.08. The molecule has 1 unspecified atom stereocenters. The number of hydrogen-bond acceptors (Lipinski definition) is 3. The van der Waals surface area contributed by atoms with Crippen LogP contribution >= 0.6 is 11.6 Å². The molecule has 0 amide bonds. The number of rotatable bonds is 4. The first-order chi connectivity index (χ1) is 9.11. The molecule has 2 N–H and O–H groups in total. The zero-order valence-corrected chi connectivity index (χ0v) is 12.7. The van der Waals surface area contributed by atoms with Crippen molar-refractivity contribution in [3.63, 3.8) is 0 Å². The molecular weight excluding hydrogens is 258 g/mol. The van der Waals surface area contributed by atoms with Gasteiger partial charge in [0.1, 0.15) is 0 Å². The van der Waals surface area contributed by atoms with E-state index in [0.29, 0.717) is 12.6 Å². The molecule has 0 aromatic heterocycles. The smallest absolute Gasteiger partial charge is 0.0410 e. The van der Waals surface area contributed by atoms with Crippen LogP contribution in [0.25, 0.3) is 0 Å². The molecule has 0 spiro atoms. The Morgan fingerprint density at radius 1 is 1.42 bits per heavy atom. The first kappa shape index (κ1) is 14.6. The molecular formula is C15H24ClN3. The molecule has 1 aliphatic rings. The fourth-order valence-electron chi connectivity index (χ4n) is 2.81. The Bertz CT molecular complexity index is 420. The van der Waals surface area contributed by atoms with Crippen LogP contribution < -0.4 is 10.6 Å². The van der Waals surface area contributed by atoms with E-state index in [9.17, 15) is 0 Å². The number of benzene rings is 1. The lowest BCUT2D eigenvalue weighted by atomic mass is 10.0. The molecule has 4 heteroatoms. The molecule has 0 aliphatic carbocycles. The van der Waals surface area contributed by atoms with Crippen LogP contribution in [0.5, 0.6) is 0 Å². The van der Waals surface area contributed by atoms with E-state index in [0.717, 1.165) is 24.5 Å². The van der Waals surface area contributed by atoms with Crippen molar-refractivity contribution in [1.82, 2.24) is 4.90 Å². The Balaban J connectivity index is 2.20. The molecule has 1 fully saturated rings. The van der Waals surface area contributed by atoms with Gasteiger partial charge in [0.2, 0.25) is 0 Å². The predicted molar refractivity (Wildman–Crippen MR) is 83.1 cm³/mol. The highest BCUT2D eigenvalue weighted by molar-refractivity contribution is 6.30. The van der Waals surface area contributed by atoms with Crippen molar-refractivity contribution >= 4 is 17.3 Å². The van der Waals surface area contributed by atoms with Crippen LogP contribution in [0.3, 0.4) is 0 Å². The van der Waals surface area contributed by atoms with Gasteiger partial charge in [-0.1, -0.05) is 11.6 Å². The first-order valence-corrected chi connectivity index (χ1v) is 7.39. The van der Waals surface area contributed by atoms with E-state index in [2.05, 4.69) is 36.0 Å². The van der Waals surface area contributed by atoms with Gasteiger partial charge in [0.05, 0.1) is 0 Å². The zero-order valence-electron chi connectivity index (χ0n) is 11.9. The largest absolute Gasteiger partial charge is 0.370 e. The number of halogens is 1. The SMILES string of the molecule is CN(C)C1CCCN(c2ccc(Cl)cc2CCN)C1. The summed E-state index contributed by atoms with van der Waals surface area (Å²) in [6.07, 6.45) is 3.41. The molecule has 0 bridgehead atoms. The summed E-state index contributed by atoms with van der Waals surface area (Å²) in [5.41, 5.74) is 8.29. The van der Waals surface area contributed by atoms with Gasteiger partial charge in [-0.3, -0.25) is 0 Å². The lowest BCUT2D eigenvalue weighted by Crippen LogP contribution is -2.45. The average molecular weight is 282 g/mol. The van der Waals surface area contributed by atoms with Crippen molar-refractivity contribution in [3.8, 4) is 0 Å². The molecule has 0 saturated carbocycles. The van der Waals surface area contributed by atoms with Crippen LogP contribution in [0.4, 0.5) is 5.69 Å². The van der Waals surface area contributed by atoms with E-state index in [1.165, 1.54) is 24.1 Å². The summed E-state index contributed by atoms with van der Waals surface area (Å²) in [4.78, 5) is 4.81. The summed E-state index contributed by atoms with van der Waals surface area (Å²) in [7, 11) is 4.33. The molecule has 1 aromatic carbocycles. The number of piperidine rings is 1. The summed E-state index contributed by atoms with van der Waals surface area (Å²) in [5, 5.41) is 0.799. The monoisotopic (exact) mass is 281 g/mol. The number of nitrogens with zero attached hydrogens (tertiary/aromatic N) is 2. The lowest BCUT2D eigenvalue weighted by molar-refractivity contribution is 0.258. The van der Waals surface area contributed by atoms with Crippen molar-refractivity contribution in [2.45, 2.75) is 25.3 Å². The second-order valence-electron chi connectivity index (χ2n) is 5.52. The second-order valence-corrected chi connectivity index (χ2v) is 5.95. The maximum Gasteiger partial charge on any atom is 0.0410 e. The fourth-order valence-corrected chi connectivity index (χ4v) is 3.01. The zero-order chi connectivity index (χ0) is 13.8. The predicted octanol–water partition coefficient (Wildman–Crippen LogP) is 2.37. The van der Waals surface area contributed by atoms with Gasteiger partial charge in [0, 0.05) is 29.8 Å². The van der Waals surface area contributed by atoms with Crippen molar-refractivity contribution in [1.29, 1.82) is 0 Å². The minimum atomic E-state index is 0.634. The third-order valence-electron chi connectivity index (χ3n) is 3.92. The topological polar surface area (TPSA) is 32.5 Å². The number of anilines is 1. The van der Waals surface area contributed by atoms with E-state index < -0.39 is 0 Å². The number of nitrogens with two attached hydrogens (primary N) is 1. The Morgan fingerprint density at radius 2 is 2.21 bits per heavy atom. The minimum absolute atomic E-state index is 0.634. The summed E-state index contributed by atoms with van der Waals surface area (Å²) in [6.45, 7) is 2.88. The van der Waals surface area contributed by atoms with E-state index in [-0.39, 0.29) is 0 Å². The van der Waals surface area contributed by atoms with Crippen LogP contribution in [0.1, 0.15) is 18.4 Å². The van der Waals surface area contributed by atoms with E-state index >= 15 is 0 Å². The normalized spacial score (nSPS) is 20.1. The van der Waals surface area contributed by atoms with Gasteiger partial charge in [-0.25, -0.2) is 0 Å². The molecule has 1 atom stereocenters. The molecule has 1 heterocycles. The Hall–Kier alpha value is -0.770. The minimum Gasteiger partial charge on any atom is -0.370 e. The highest BCUT2D eigenvalue weighted by atomic mass is 35.5. The fraction of sp³-hybridized carbons (Fsp3) is 0.600. The Morgan fingerprint density at radius 3 is 2.89 bits per heavy atom. The first-order valence-electron chi connectivity index (χ1n) is 7.01. The Labute approximate surface area is 121 Å². The van der Waals surface area contributed by atoms with Gasteiger partial charge in [0.15, 0.2) is 0 Å². The third kappa shape index (κ3) is 3.62. The highest BCUT2D eigenvalue weighted by Crippen LogP contribution is 2.28. The van der Waals surface area contributed by atoms with Crippen LogP contribution in [0.2, 0.25) is 5.02 Å². The summed E-state index contributed by atoms with van der Waals surface area (Å²) >= 11 is 6.10. The average Bonchev–Trinajstić information content (AvgIpc) is 2.39. The molecule has 106 valence electrons. The molecule has 2 rings (SSSR count). The molecule has 1 aliphatic heterocycles. The van der Waals surface area contributed by atoms with Gasteiger partial charge in [-0.05, 0) is 63.7 Å². The van der Waals surface area contributed by atoms with Crippen molar-refractivity contribution in [3.05, 3.63) is 28.8 Å². The second kappa shape index (κ2) is 6.60. The van der Waals surface area contributed by atoms with Gasteiger partial charge < -0.3 is 15.5 Å². The van der Waals surface area contributed by atoms with Crippen LogP contribution in [-0.4, -0.2) is 44.7 Å². The van der Waals surface area contributed by atoms with Gasteiger partial charge in [-0.15, -0.1) is 0 Å². The lowest BCUT2D eigenvalue weighted by Gasteiger charge is -2.38. The van der Waals surface area contributed by atoms with Crippen LogP contribution in [-0.2, 0) is 6.42 Å². The van der Waals surface area contributed by atoms with Gasteiger partial charge in [0.25, 0.3) is 0 Å². The van der Waals surface area contributed by atoms with Crippen molar-refractivity contribution in [2.24, 2.45) is 5.73 Å². The standard InChI is InChI=1S/C15H24ClN3/c1-18(2)14-4-3-9-19(11-14)15-6-5-13(16)10-12(15)7-8-17/h5-6,10,14H,3-4,7-9,11,17H2,1-2H3. The maximum absolute atomic E-state index is 6.10. The molecule has 19 heavy (non-hydrogen) atoms. The molecule has 1 aromatic rings. The van der Waals surface area contributed by atoms with E-state index in [4.69, 9.17) is 17.3 Å². The van der Waals surface area contributed by atoms with Gasteiger partial charge in [-0.2, -0.15) is 0 Å². The van der Waals surface area contributed by atoms with Crippen LogP contribution in [0.15, 0.2) is 18.2 Å². The van der Waals surface area contributed by atoms with Gasteiger partial charge >= 0.3 is 0 Å². The summed E-state index contributed by atoms with van der Waals surface area (Å²) < 4.78 is 0. The molecule has 3 nitrogen and oxygen atoms in total.